The second-order valence-electron chi connectivity index (χ2n) is 3.72. The van der Waals surface area contributed by atoms with E-state index in [9.17, 15) is 0 Å². The standard InChI is InChI=1S/C13H15N3O/c1-10(11-6-4-3-5-7-11)16-13-14-8-12(17-2)9-15-13/h3-10H,1-2H3,(H,14,15,16). The summed E-state index contributed by atoms with van der Waals surface area (Å²) in [5.74, 6) is 1.25. The van der Waals surface area contributed by atoms with Gasteiger partial charge in [0.25, 0.3) is 0 Å². The van der Waals surface area contributed by atoms with Crippen LogP contribution in [0.4, 0.5) is 5.95 Å². The van der Waals surface area contributed by atoms with E-state index in [0.29, 0.717) is 11.7 Å². The van der Waals surface area contributed by atoms with Crippen molar-refractivity contribution in [3.63, 3.8) is 0 Å². The van der Waals surface area contributed by atoms with Gasteiger partial charge in [0.05, 0.1) is 25.5 Å². The van der Waals surface area contributed by atoms with Crippen molar-refractivity contribution in [2.75, 3.05) is 12.4 Å². The van der Waals surface area contributed by atoms with Crippen LogP contribution in [-0.2, 0) is 0 Å². The van der Waals surface area contributed by atoms with Gasteiger partial charge in [-0.2, -0.15) is 0 Å². The van der Waals surface area contributed by atoms with E-state index < -0.39 is 0 Å². The summed E-state index contributed by atoms with van der Waals surface area (Å²) in [6.45, 7) is 2.07. The zero-order valence-electron chi connectivity index (χ0n) is 9.92. The van der Waals surface area contributed by atoms with Crippen molar-refractivity contribution in [2.24, 2.45) is 0 Å². The highest BCUT2D eigenvalue weighted by Crippen LogP contribution is 2.16. The van der Waals surface area contributed by atoms with Crippen molar-refractivity contribution >= 4 is 5.95 Å². The minimum atomic E-state index is 0.171. The Balaban J connectivity index is 2.05. The Morgan fingerprint density at radius 1 is 1.12 bits per heavy atom. The molecular weight excluding hydrogens is 214 g/mol. The second kappa shape index (κ2) is 5.30. The normalized spacial score (nSPS) is 11.9. The fourth-order valence-electron chi connectivity index (χ4n) is 1.51. The van der Waals surface area contributed by atoms with Crippen LogP contribution >= 0.6 is 0 Å². The summed E-state index contributed by atoms with van der Waals surface area (Å²) < 4.78 is 5.01. The number of hydrogen-bond acceptors (Lipinski definition) is 4. The third-order valence-corrected chi connectivity index (χ3v) is 2.51. The van der Waals surface area contributed by atoms with Gasteiger partial charge in [-0.1, -0.05) is 30.3 Å². The number of methoxy groups -OCH3 is 1. The molecule has 88 valence electrons. The number of rotatable bonds is 4. The molecule has 0 spiro atoms. The maximum atomic E-state index is 5.01. The molecule has 1 atom stereocenters. The topological polar surface area (TPSA) is 47.0 Å². The zero-order valence-corrected chi connectivity index (χ0v) is 9.92. The number of aromatic nitrogens is 2. The van der Waals surface area contributed by atoms with Crippen LogP contribution in [0.3, 0.4) is 0 Å². The zero-order chi connectivity index (χ0) is 12.1. The van der Waals surface area contributed by atoms with Crippen LogP contribution in [0.15, 0.2) is 42.7 Å². The molecule has 4 nitrogen and oxygen atoms in total. The lowest BCUT2D eigenvalue weighted by Gasteiger charge is -2.13. The first kappa shape index (κ1) is 11.4. The monoisotopic (exact) mass is 229 g/mol. The minimum absolute atomic E-state index is 0.171. The maximum absolute atomic E-state index is 5.01. The summed E-state index contributed by atoms with van der Waals surface area (Å²) in [6.07, 6.45) is 3.29. The van der Waals surface area contributed by atoms with Crippen LogP contribution in [0, 0.1) is 0 Å². The number of anilines is 1. The fraction of sp³-hybridized carbons (Fsp3) is 0.231. The van der Waals surface area contributed by atoms with Gasteiger partial charge in [-0.05, 0) is 12.5 Å². The Morgan fingerprint density at radius 3 is 2.35 bits per heavy atom. The molecule has 0 saturated heterocycles. The average Bonchev–Trinajstić information content (AvgIpc) is 2.40. The number of nitrogens with one attached hydrogen (secondary N) is 1. The van der Waals surface area contributed by atoms with Crippen LogP contribution in [0.1, 0.15) is 18.5 Å². The Bertz CT molecular complexity index is 456. The third kappa shape index (κ3) is 2.93. The molecule has 0 radical (unpaired) electrons. The summed E-state index contributed by atoms with van der Waals surface area (Å²) in [5.41, 5.74) is 1.20. The quantitative estimate of drug-likeness (QED) is 0.875. The van der Waals surface area contributed by atoms with E-state index in [1.165, 1.54) is 5.56 Å². The van der Waals surface area contributed by atoms with Crippen LogP contribution in [0.25, 0.3) is 0 Å². The van der Waals surface area contributed by atoms with Crippen LogP contribution in [0.2, 0.25) is 0 Å². The average molecular weight is 229 g/mol. The molecule has 0 amide bonds. The van der Waals surface area contributed by atoms with E-state index in [0.717, 1.165) is 0 Å². The SMILES string of the molecule is COc1cnc(NC(C)c2ccccc2)nc1. The molecule has 1 unspecified atom stereocenters. The Kier molecular flexibility index (Phi) is 3.55. The summed E-state index contributed by atoms with van der Waals surface area (Å²) >= 11 is 0. The first-order chi connectivity index (χ1) is 8.29. The lowest BCUT2D eigenvalue weighted by atomic mass is 10.1. The predicted octanol–water partition coefficient (Wildman–Crippen LogP) is 2.66. The van der Waals surface area contributed by atoms with E-state index in [-0.39, 0.29) is 6.04 Å². The Hall–Kier alpha value is -2.10. The molecule has 0 fully saturated rings. The van der Waals surface area contributed by atoms with Gasteiger partial charge in [0.2, 0.25) is 5.95 Å². The summed E-state index contributed by atoms with van der Waals surface area (Å²) in [7, 11) is 1.60. The number of nitrogens with zero attached hydrogens (tertiary/aromatic N) is 2. The molecule has 4 heteroatoms. The maximum Gasteiger partial charge on any atom is 0.223 e. The van der Waals surface area contributed by atoms with Crippen molar-refractivity contribution in [1.82, 2.24) is 9.97 Å². The van der Waals surface area contributed by atoms with E-state index in [4.69, 9.17) is 4.74 Å². The van der Waals surface area contributed by atoms with E-state index in [1.807, 2.05) is 18.2 Å². The van der Waals surface area contributed by atoms with Gasteiger partial charge in [0.1, 0.15) is 0 Å². The van der Waals surface area contributed by atoms with E-state index >= 15 is 0 Å². The lowest BCUT2D eigenvalue weighted by molar-refractivity contribution is 0.411. The fourth-order valence-corrected chi connectivity index (χ4v) is 1.51. The molecule has 1 aromatic carbocycles. The highest BCUT2D eigenvalue weighted by molar-refractivity contribution is 5.32. The van der Waals surface area contributed by atoms with Crippen LogP contribution < -0.4 is 10.1 Å². The van der Waals surface area contributed by atoms with E-state index in [2.05, 4.69) is 34.3 Å². The van der Waals surface area contributed by atoms with Crippen molar-refractivity contribution < 1.29 is 4.74 Å². The van der Waals surface area contributed by atoms with Crippen molar-refractivity contribution in [2.45, 2.75) is 13.0 Å². The number of hydrogen-bond donors (Lipinski definition) is 1. The summed E-state index contributed by atoms with van der Waals surface area (Å²) in [6, 6.07) is 10.3. The molecule has 0 aliphatic carbocycles. The summed E-state index contributed by atoms with van der Waals surface area (Å²) in [4.78, 5) is 8.34. The van der Waals surface area contributed by atoms with E-state index in [1.54, 1.807) is 19.5 Å². The molecule has 17 heavy (non-hydrogen) atoms. The first-order valence-corrected chi connectivity index (χ1v) is 5.47. The molecule has 1 N–H and O–H groups in total. The van der Waals surface area contributed by atoms with Crippen molar-refractivity contribution in [1.29, 1.82) is 0 Å². The van der Waals surface area contributed by atoms with Gasteiger partial charge in [0.15, 0.2) is 5.75 Å². The van der Waals surface area contributed by atoms with Gasteiger partial charge in [-0.25, -0.2) is 9.97 Å². The smallest absolute Gasteiger partial charge is 0.223 e. The molecule has 0 saturated carbocycles. The second-order valence-corrected chi connectivity index (χ2v) is 3.72. The number of benzene rings is 1. The lowest BCUT2D eigenvalue weighted by Crippen LogP contribution is -2.09. The molecule has 2 aromatic rings. The van der Waals surface area contributed by atoms with Gasteiger partial charge in [0, 0.05) is 0 Å². The molecular formula is C13H15N3O. The minimum Gasteiger partial charge on any atom is -0.494 e. The van der Waals surface area contributed by atoms with Gasteiger partial charge in [-0.15, -0.1) is 0 Å². The molecule has 0 aliphatic rings. The first-order valence-electron chi connectivity index (χ1n) is 5.47. The highest BCUT2D eigenvalue weighted by atomic mass is 16.5. The van der Waals surface area contributed by atoms with Gasteiger partial charge < -0.3 is 10.1 Å². The molecule has 1 heterocycles. The third-order valence-electron chi connectivity index (χ3n) is 2.51. The Labute approximate surface area is 101 Å². The van der Waals surface area contributed by atoms with Crippen LogP contribution in [0.5, 0.6) is 5.75 Å². The molecule has 0 aliphatic heterocycles. The highest BCUT2D eigenvalue weighted by Gasteiger charge is 2.05. The predicted molar refractivity (Wildman–Crippen MR) is 67.1 cm³/mol. The summed E-state index contributed by atoms with van der Waals surface area (Å²) in [5, 5.41) is 3.23. The Morgan fingerprint density at radius 2 is 1.76 bits per heavy atom. The molecule has 1 aromatic heterocycles. The van der Waals surface area contributed by atoms with Crippen LogP contribution in [-0.4, -0.2) is 17.1 Å². The van der Waals surface area contributed by atoms with Gasteiger partial charge in [-0.3, -0.25) is 0 Å². The largest absolute Gasteiger partial charge is 0.494 e. The molecule has 2 rings (SSSR count). The van der Waals surface area contributed by atoms with Crippen molar-refractivity contribution in [3.05, 3.63) is 48.3 Å². The number of ether oxygens (including phenoxy) is 1. The van der Waals surface area contributed by atoms with Crippen molar-refractivity contribution in [3.8, 4) is 5.75 Å². The van der Waals surface area contributed by atoms with Gasteiger partial charge >= 0.3 is 0 Å². The molecule has 0 bridgehead atoms.